The second-order valence-electron chi connectivity index (χ2n) is 5.37. The average Bonchev–Trinajstić information content (AvgIpc) is 2.25. The van der Waals surface area contributed by atoms with E-state index in [-0.39, 0.29) is 6.29 Å². The molecule has 2 heteroatoms. The van der Waals surface area contributed by atoms with Gasteiger partial charge in [0, 0.05) is 7.11 Å². The molecule has 0 heterocycles. The Kier molecular flexibility index (Phi) is 4.04. The molecule has 2 nitrogen and oxygen atoms in total. The lowest BCUT2D eigenvalue weighted by Gasteiger charge is -2.39. The smallest absolute Gasteiger partial charge is 0.154 e. The number of hydrogen-bond donors (Lipinski definition) is 0. The Balaban J connectivity index is 1.74. The van der Waals surface area contributed by atoms with Crippen molar-refractivity contribution in [1.82, 2.24) is 0 Å². The minimum atomic E-state index is -0.0354. The van der Waals surface area contributed by atoms with Crippen LogP contribution in [-0.2, 0) is 9.47 Å². The summed E-state index contributed by atoms with van der Waals surface area (Å²) < 4.78 is 10.8. The van der Waals surface area contributed by atoms with Gasteiger partial charge in [0.15, 0.2) is 6.29 Å². The van der Waals surface area contributed by atoms with Gasteiger partial charge in [0.25, 0.3) is 0 Å². The normalized spacial score (nSPS) is 37.6. The summed E-state index contributed by atoms with van der Waals surface area (Å²) in [5.41, 5.74) is 0. The van der Waals surface area contributed by atoms with Gasteiger partial charge in [-0.25, -0.2) is 0 Å². The van der Waals surface area contributed by atoms with E-state index in [4.69, 9.17) is 9.47 Å². The first-order valence-electron chi connectivity index (χ1n) is 6.42. The summed E-state index contributed by atoms with van der Waals surface area (Å²) in [5, 5.41) is 0. The van der Waals surface area contributed by atoms with Crippen LogP contribution in [0.3, 0.4) is 0 Å². The quantitative estimate of drug-likeness (QED) is 0.666. The number of ether oxygens (including phenoxy) is 2. The molecule has 88 valence electrons. The van der Waals surface area contributed by atoms with Crippen LogP contribution in [0, 0.1) is 17.8 Å². The molecule has 0 aliphatic heterocycles. The highest BCUT2D eigenvalue weighted by atomic mass is 16.7. The van der Waals surface area contributed by atoms with Crippen molar-refractivity contribution in [2.24, 2.45) is 17.8 Å². The molecule has 0 radical (unpaired) electrons. The van der Waals surface area contributed by atoms with Gasteiger partial charge in [-0.05, 0) is 43.9 Å². The minimum Gasteiger partial charge on any atom is -0.356 e. The van der Waals surface area contributed by atoms with Crippen molar-refractivity contribution in [2.75, 3.05) is 13.7 Å². The molecule has 0 spiro atoms. The highest BCUT2D eigenvalue weighted by molar-refractivity contribution is 4.82. The maximum atomic E-state index is 5.67. The van der Waals surface area contributed by atoms with Gasteiger partial charge in [0.05, 0.1) is 6.61 Å². The second kappa shape index (κ2) is 5.31. The van der Waals surface area contributed by atoms with E-state index in [1.807, 2.05) is 6.92 Å². The van der Waals surface area contributed by atoms with E-state index in [1.54, 1.807) is 7.11 Å². The third kappa shape index (κ3) is 3.18. The molecular weight excluding hydrogens is 188 g/mol. The Morgan fingerprint density at radius 3 is 2.40 bits per heavy atom. The zero-order valence-corrected chi connectivity index (χ0v) is 10.1. The van der Waals surface area contributed by atoms with Gasteiger partial charge >= 0.3 is 0 Å². The fourth-order valence-electron chi connectivity index (χ4n) is 3.35. The average molecular weight is 212 g/mol. The second-order valence-corrected chi connectivity index (χ2v) is 5.37. The van der Waals surface area contributed by atoms with Crippen molar-refractivity contribution in [2.45, 2.75) is 51.7 Å². The van der Waals surface area contributed by atoms with Crippen molar-refractivity contribution in [3.63, 3.8) is 0 Å². The lowest BCUT2D eigenvalue weighted by atomic mass is 9.68. The van der Waals surface area contributed by atoms with Crippen molar-refractivity contribution in [3.05, 3.63) is 0 Å². The van der Waals surface area contributed by atoms with Crippen LogP contribution in [0.25, 0.3) is 0 Å². The van der Waals surface area contributed by atoms with Crippen LogP contribution in [0.1, 0.15) is 45.4 Å². The predicted octanol–water partition coefficient (Wildman–Crippen LogP) is 3.21. The molecule has 0 amide bonds. The molecule has 2 aliphatic carbocycles. The first-order valence-corrected chi connectivity index (χ1v) is 6.42. The van der Waals surface area contributed by atoms with Gasteiger partial charge < -0.3 is 9.47 Å². The monoisotopic (exact) mass is 212 g/mol. The highest BCUT2D eigenvalue weighted by Crippen LogP contribution is 2.42. The lowest BCUT2D eigenvalue weighted by molar-refractivity contribution is -0.126. The zero-order valence-electron chi connectivity index (χ0n) is 10.1. The number of methoxy groups -OCH3 is 1. The number of hydrogen-bond acceptors (Lipinski definition) is 2. The molecular formula is C13H24O2. The molecule has 3 atom stereocenters. The van der Waals surface area contributed by atoms with E-state index < -0.39 is 0 Å². The molecule has 15 heavy (non-hydrogen) atoms. The molecule has 0 aromatic heterocycles. The van der Waals surface area contributed by atoms with E-state index in [2.05, 4.69) is 0 Å². The van der Waals surface area contributed by atoms with Gasteiger partial charge in [0.2, 0.25) is 0 Å². The standard InChI is InChI=1S/C13H24O2/c1-10(14-2)15-9-13-7-11-4-3-5-12(6-11)8-13/h10-13H,3-9H2,1-2H3. The van der Waals surface area contributed by atoms with E-state index in [9.17, 15) is 0 Å². The predicted molar refractivity (Wildman–Crippen MR) is 60.6 cm³/mol. The molecule has 2 bridgehead atoms. The summed E-state index contributed by atoms with van der Waals surface area (Å²) in [7, 11) is 1.71. The van der Waals surface area contributed by atoms with Crippen LogP contribution in [-0.4, -0.2) is 20.0 Å². The molecule has 0 aromatic rings. The molecule has 0 N–H and O–H groups in total. The maximum absolute atomic E-state index is 5.67. The third-order valence-electron chi connectivity index (χ3n) is 4.12. The molecule has 2 rings (SSSR count). The molecule has 2 aliphatic rings. The Labute approximate surface area is 93.3 Å². The topological polar surface area (TPSA) is 18.5 Å². The first-order chi connectivity index (χ1) is 7.28. The van der Waals surface area contributed by atoms with Crippen LogP contribution in [0.5, 0.6) is 0 Å². The van der Waals surface area contributed by atoms with Gasteiger partial charge in [-0.2, -0.15) is 0 Å². The van der Waals surface area contributed by atoms with E-state index in [0.29, 0.717) is 0 Å². The minimum absolute atomic E-state index is 0.0354. The number of fused-ring (bicyclic) bond motifs is 2. The Bertz CT molecular complexity index is 181. The SMILES string of the molecule is COC(C)OCC1CC2CCCC(C2)C1. The maximum Gasteiger partial charge on any atom is 0.154 e. The fraction of sp³-hybridized carbons (Fsp3) is 1.00. The fourth-order valence-corrected chi connectivity index (χ4v) is 3.35. The van der Waals surface area contributed by atoms with Crippen LogP contribution in [0.4, 0.5) is 0 Å². The largest absolute Gasteiger partial charge is 0.356 e. The van der Waals surface area contributed by atoms with Crippen molar-refractivity contribution >= 4 is 0 Å². The molecule has 2 saturated carbocycles. The van der Waals surface area contributed by atoms with E-state index in [1.165, 1.54) is 38.5 Å². The van der Waals surface area contributed by atoms with Crippen LogP contribution in [0.15, 0.2) is 0 Å². The molecule has 2 fully saturated rings. The summed E-state index contributed by atoms with van der Waals surface area (Å²) in [6.07, 6.45) is 8.65. The van der Waals surface area contributed by atoms with Crippen molar-refractivity contribution in [1.29, 1.82) is 0 Å². The molecule has 0 saturated heterocycles. The van der Waals surface area contributed by atoms with Gasteiger partial charge in [-0.1, -0.05) is 19.3 Å². The molecule has 3 unspecified atom stereocenters. The van der Waals surface area contributed by atoms with E-state index >= 15 is 0 Å². The van der Waals surface area contributed by atoms with Crippen molar-refractivity contribution in [3.8, 4) is 0 Å². The van der Waals surface area contributed by atoms with E-state index in [0.717, 1.165) is 24.4 Å². The van der Waals surface area contributed by atoms with Crippen LogP contribution >= 0.6 is 0 Å². The summed E-state index contributed by atoms with van der Waals surface area (Å²) in [6.45, 7) is 2.88. The van der Waals surface area contributed by atoms with Gasteiger partial charge in [-0.15, -0.1) is 0 Å². The summed E-state index contributed by atoms with van der Waals surface area (Å²) in [4.78, 5) is 0. The van der Waals surface area contributed by atoms with Gasteiger partial charge in [0.1, 0.15) is 0 Å². The summed E-state index contributed by atoms with van der Waals surface area (Å²) in [5.74, 6) is 2.81. The third-order valence-corrected chi connectivity index (χ3v) is 4.12. The lowest BCUT2D eigenvalue weighted by Crippen LogP contribution is -2.30. The summed E-state index contributed by atoms with van der Waals surface area (Å²) in [6, 6.07) is 0. The van der Waals surface area contributed by atoms with Crippen LogP contribution in [0.2, 0.25) is 0 Å². The Morgan fingerprint density at radius 2 is 1.80 bits per heavy atom. The Hall–Kier alpha value is -0.0800. The highest BCUT2D eigenvalue weighted by Gasteiger charge is 2.31. The van der Waals surface area contributed by atoms with Gasteiger partial charge in [-0.3, -0.25) is 0 Å². The zero-order chi connectivity index (χ0) is 10.7. The van der Waals surface area contributed by atoms with Crippen molar-refractivity contribution < 1.29 is 9.47 Å². The first kappa shape index (κ1) is 11.4. The number of rotatable bonds is 4. The summed E-state index contributed by atoms with van der Waals surface area (Å²) >= 11 is 0. The molecule has 0 aromatic carbocycles. The van der Waals surface area contributed by atoms with Crippen LogP contribution < -0.4 is 0 Å². The Morgan fingerprint density at radius 1 is 1.13 bits per heavy atom.